The first-order chi connectivity index (χ1) is 13.4. The second kappa shape index (κ2) is 10.2. The molecule has 0 aromatic heterocycles. The molecule has 0 aliphatic heterocycles. The predicted octanol–water partition coefficient (Wildman–Crippen LogP) is 4.11. The van der Waals surface area contributed by atoms with E-state index in [1.165, 1.54) is 30.9 Å². The largest absolute Gasteiger partial charge is 0.504 e. The van der Waals surface area contributed by atoms with Crippen molar-refractivity contribution in [2.24, 2.45) is 0 Å². The number of methoxy groups -OCH3 is 1. The number of amides is 1. The van der Waals surface area contributed by atoms with E-state index in [9.17, 15) is 14.7 Å². The molecule has 0 saturated heterocycles. The van der Waals surface area contributed by atoms with Gasteiger partial charge < -0.3 is 19.9 Å². The maximum absolute atomic E-state index is 11.9. The van der Waals surface area contributed by atoms with Crippen molar-refractivity contribution in [1.29, 1.82) is 0 Å². The molecule has 6 nitrogen and oxygen atoms in total. The summed E-state index contributed by atoms with van der Waals surface area (Å²) in [6.07, 6.45) is 3.77. The number of carbonyl (C=O) groups excluding carboxylic acids is 2. The molecule has 1 amide bonds. The van der Waals surface area contributed by atoms with Crippen LogP contribution < -0.4 is 10.1 Å². The summed E-state index contributed by atoms with van der Waals surface area (Å²) in [6.45, 7) is 3.89. The molecule has 0 heterocycles. The number of carbonyl (C=O) groups is 2. The van der Waals surface area contributed by atoms with Gasteiger partial charge in [0.1, 0.15) is 0 Å². The molecule has 0 unspecified atom stereocenters. The summed E-state index contributed by atoms with van der Waals surface area (Å²) in [5, 5.41) is 12.2. The molecule has 2 aromatic carbocycles. The second-order valence-electron chi connectivity index (χ2n) is 6.35. The number of ether oxygens (including phenoxy) is 2. The maximum atomic E-state index is 11.9. The third-order valence-electron chi connectivity index (χ3n) is 4.34. The lowest BCUT2D eigenvalue weighted by Gasteiger charge is -2.10. The highest BCUT2D eigenvalue weighted by Gasteiger charge is 2.07. The molecule has 0 aliphatic carbocycles. The summed E-state index contributed by atoms with van der Waals surface area (Å²) < 4.78 is 9.94. The lowest BCUT2D eigenvalue weighted by Crippen LogP contribution is -2.20. The Labute approximate surface area is 164 Å². The van der Waals surface area contributed by atoms with Gasteiger partial charge in [0.25, 0.3) is 5.91 Å². The van der Waals surface area contributed by atoms with Crippen LogP contribution in [0.15, 0.2) is 48.5 Å². The van der Waals surface area contributed by atoms with Gasteiger partial charge in [-0.15, -0.1) is 0 Å². The monoisotopic (exact) mass is 383 g/mol. The molecule has 6 heteroatoms. The van der Waals surface area contributed by atoms with E-state index in [4.69, 9.17) is 9.47 Å². The van der Waals surface area contributed by atoms with Crippen LogP contribution in [0.2, 0.25) is 0 Å². The van der Waals surface area contributed by atoms with E-state index in [2.05, 4.69) is 19.2 Å². The van der Waals surface area contributed by atoms with Crippen molar-refractivity contribution in [3.05, 3.63) is 59.7 Å². The number of esters is 1. The Morgan fingerprint density at radius 3 is 2.54 bits per heavy atom. The number of hydrogen-bond acceptors (Lipinski definition) is 5. The van der Waals surface area contributed by atoms with Crippen molar-refractivity contribution in [2.75, 3.05) is 19.0 Å². The summed E-state index contributed by atoms with van der Waals surface area (Å²) in [6, 6.07) is 12.3. The van der Waals surface area contributed by atoms with E-state index in [1.54, 1.807) is 12.1 Å². The van der Waals surface area contributed by atoms with E-state index in [0.717, 1.165) is 6.42 Å². The van der Waals surface area contributed by atoms with Crippen molar-refractivity contribution in [3.63, 3.8) is 0 Å². The number of rotatable bonds is 8. The van der Waals surface area contributed by atoms with Crippen LogP contribution in [0, 0.1) is 0 Å². The molecular formula is C22H25NO5. The van der Waals surface area contributed by atoms with Crippen molar-refractivity contribution < 1.29 is 24.2 Å². The zero-order valence-corrected chi connectivity index (χ0v) is 16.3. The fourth-order valence-corrected chi connectivity index (χ4v) is 2.47. The zero-order valence-electron chi connectivity index (χ0n) is 16.3. The smallest absolute Gasteiger partial charge is 0.331 e. The Balaban J connectivity index is 1.82. The number of phenolic OH excluding ortho intramolecular Hbond substituents is 1. The molecule has 0 saturated carbocycles. The molecule has 0 bridgehead atoms. The van der Waals surface area contributed by atoms with Crippen LogP contribution in [0.3, 0.4) is 0 Å². The minimum Gasteiger partial charge on any atom is -0.504 e. The number of anilines is 1. The van der Waals surface area contributed by atoms with Gasteiger partial charge in [-0.3, -0.25) is 4.79 Å². The molecule has 0 radical (unpaired) electrons. The summed E-state index contributed by atoms with van der Waals surface area (Å²) in [4.78, 5) is 23.7. The molecule has 0 spiro atoms. The van der Waals surface area contributed by atoms with Crippen LogP contribution in [0.4, 0.5) is 5.69 Å². The number of nitrogens with one attached hydrogen (secondary N) is 1. The molecule has 2 rings (SSSR count). The average Bonchev–Trinajstić information content (AvgIpc) is 2.71. The lowest BCUT2D eigenvalue weighted by molar-refractivity contribution is -0.142. The molecule has 0 fully saturated rings. The topological polar surface area (TPSA) is 84.9 Å². The molecule has 0 aliphatic rings. The highest BCUT2D eigenvalue weighted by Crippen LogP contribution is 2.26. The Bertz CT molecular complexity index is 843. The Hall–Kier alpha value is -3.28. The molecule has 2 aromatic rings. The normalized spacial score (nSPS) is 11.8. The fraction of sp³-hybridized carbons (Fsp3) is 0.273. The predicted molar refractivity (Wildman–Crippen MR) is 108 cm³/mol. The zero-order chi connectivity index (χ0) is 20.5. The molecule has 2 N–H and O–H groups in total. The van der Waals surface area contributed by atoms with Gasteiger partial charge in [-0.1, -0.05) is 32.0 Å². The number of phenols is 1. The second-order valence-corrected chi connectivity index (χ2v) is 6.35. The van der Waals surface area contributed by atoms with Gasteiger partial charge in [-0.2, -0.15) is 0 Å². The average molecular weight is 383 g/mol. The summed E-state index contributed by atoms with van der Waals surface area (Å²) in [5.74, 6) is -0.282. The summed E-state index contributed by atoms with van der Waals surface area (Å²) >= 11 is 0. The molecule has 1 atom stereocenters. The number of hydrogen-bond donors (Lipinski definition) is 2. The van der Waals surface area contributed by atoms with Gasteiger partial charge in [0.15, 0.2) is 18.1 Å². The summed E-state index contributed by atoms with van der Waals surface area (Å²) in [5.41, 5.74) is 2.51. The standard InChI is InChI=1S/C22H25NO5/c1-4-15(2)17-7-9-18(10-8-17)23-21(25)14-28-22(26)12-6-16-5-11-19(24)20(13-16)27-3/h5-13,15,24H,4,14H2,1-3H3,(H,23,25)/b12-6+/t15-/m0/s1. The molecular weight excluding hydrogens is 358 g/mol. The first-order valence-corrected chi connectivity index (χ1v) is 9.04. The van der Waals surface area contributed by atoms with Crippen LogP contribution in [-0.2, 0) is 14.3 Å². The quantitative estimate of drug-likeness (QED) is 0.529. The van der Waals surface area contributed by atoms with Crippen molar-refractivity contribution in [3.8, 4) is 11.5 Å². The van der Waals surface area contributed by atoms with E-state index in [0.29, 0.717) is 22.9 Å². The Kier molecular flexibility index (Phi) is 7.63. The van der Waals surface area contributed by atoms with E-state index < -0.39 is 11.9 Å². The van der Waals surface area contributed by atoms with E-state index in [-0.39, 0.29) is 12.4 Å². The fourth-order valence-electron chi connectivity index (χ4n) is 2.47. The van der Waals surface area contributed by atoms with Crippen LogP contribution in [0.5, 0.6) is 11.5 Å². The van der Waals surface area contributed by atoms with E-state index in [1.807, 2.05) is 24.3 Å². The number of aromatic hydroxyl groups is 1. The first-order valence-electron chi connectivity index (χ1n) is 9.04. The first kappa shape index (κ1) is 21.0. The third-order valence-corrected chi connectivity index (χ3v) is 4.34. The Morgan fingerprint density at radius 2 is 1.89 bits per heavy atom. The lowest BCUT2D eigenvalue weighted by atomic mass is 9.99. The van der Waals surface area contributed by atoms with Crippen LogP contribution >= 0.6 is 0 Å². The Morgan fingerprint density at radius 1 is 1.18 bits per heavy atom. The van der Waals surface area contributed by atoms with E-state index >= 15 is 0 Å². The minimum atomic E-state index is -0.644. The SMILES string of the molecule is CC[C@H](C)c1ccc(NC(=O)COC(=O)/C=C/c2ccc(O)c(OC)c2)cc1. The van der Waals surface area contributed by atoms with Crippen LogP contribution in [0.25, 0.3) is 6.08 Å². The molecule has 148 valence electrons. The minimum absolute atomic E-state index is 0.0103. The van der Waals surface area contributed by atoms with Crippen molar-refractivity contribution in [1.82, 2.24) is 0 Å². The maximum Gasteiger partial charge on any atom is 0.331 e. The highest BCUT2D eigenvalue weighted by atomic mass is 16.5. The van der Waals surface area contributed by atoms with Gasteiger partial charge >= 0.3 is 5.97 Å². The van der Waals surface area contributed by atoms with Gasteiger partial charge in [0.05, 0.1) is 7.11 Å². The van der Waals surface area contributed by atoms with Gasteiger partial charge in [-0.05, 0) is 53.8 Å². The van der Waals surface area contributed by atoms with Crippen LogP contribution in [-0.4, -0.2) is 30.7 Å². The highest BCUT2D eigenvalue weighted by molar-refractivity contribution is 5.94. The van der Waals surface area contributed by atoms with Gasteiger partial charge in [0.2, 0.25) is 0 Å². The molecule has 28 heavy (non-hydrogen) atoms. The van der Waals surface area contributed by atoms with Gasteiger partial charge in [0, 0.05) is 11.8 Å². The number of benzene rings is 2. The van der Waals surface area contributed by atoms with Gasteiger partial charge in [-0.25, -0.2) is 4.79 Å². The van der Waals surface area contributed by atoms with Crippen molar-refractivity contribution >= 4 is 23.6 Å². The van der Waals surface area contributed by atoms with Crippen LogP contribution in [0.1, 0.15) is 37.3 Å². The van der Waals surface area contributed by atoms with Crippen molar-refractivity contribution in [2.45, 2.75) is 26.2 Å². The summed E-state index contributed by atoms with van der Waals surface area (Å²) in [7, 11) is 1.44. The third kappa shape index (κ3) is 6.16.